The molecule has 4 rings (SSSR count). The predicted octanol–water partition coefficient (Wildman–Crippen LogP) is 7.17. The van der Waals surface area contributed by atoms with Crippen LogP contribution in [0.1, 0.15) is 31.8 Å². The van der Waals surface area contributed by atoms with Crippen molar-refractivity contribution in [1.29, 1.82) is 0 Å². The topological polar surface area (TPSA) is 66.5 Å². The number of fused-ring (bicyclic) bond motifs is 1. The number of nitrogens with zero attached hydrogens (tertiary/aromatic N) is 1. The number of amides is 3. The SMILES string of the molecule is O=C(Nc1ccccc1C(F)(F)F)[C@H](Cc1ccccc1)N1C(=O)c2c(Cl)c(Cl)c(Cl)c(Cl)c2C1=O. The molecule has 36 heavy (non-hydrogen) atoms. The Morgan fingerprint density at radius 2 is 1.31 bits per heavy atom. The standard InChI is InChI=1S/C24H13Cl4F3N2O3/c25-17-15-16(18(26)20(28)19(17)27)23(36)33(22(15)35)14(10-11-6-2-1-3-7-11)21(34)32-13-9-5-4-8-12(13)24(29,30)31/h1-9,14H,10H2,(H,32,34)/t14-/m0/s1. The summed E-state index contributed by atoms with van der Waals surface area (Å²) in [4.78, 5) is 40.7. The molecule has 1 atom stereocenters. The maximum Gasteiger partial charge on any atom is 0.418 e. The van der Waals surface area contributed by atoms with Gasteiger partial charge < -0.3 is 5.32 Å². The van der Waals surface area contributed by atoms with Crippen molar-refractivity contribution in [3.63, 3.8) is 0 Å². The average molecular weight is 576 g/mol. The summed E-state index contributed by atoms with van der Waals surface area (Å²) in [5, 5.41) is 1.04. The highest BCUT2D eigenvalue weighted by Crippen LogP contribution is 2.45. The molecular formula is C24H13Cl4F3N2O3. The number of alkyl halides is 3. The van der Waals surface area contributed by atoms with Crippen LogP contribution < -0.4 is 5.32 Å². The van der Waals surface area contributed by atoms with E-state index in [4.69, 9.17) is 46.4 Å². The van der Waals surface area contributed by atoms with E-state index in [1.165, 1.54) is 12.1 Å². The van der Waals surface area contributed by atoms with Crippen molar-refractivity contribution in [2.24, 2.45) is 0 Å². The molecule has 3 aromatic carbocycles. The maximum atomic E-state index is 13.5. The average Bonchev–Trinajstić information content (AvgIpc) is 3.10. The van der Waals surface area contributed by atoms with Crippen LogP contribution in [0.15, 0.2) is 54.6 Å². The van der Waals surface area contributed by atoms with Gasteiger partial charge in [0.25, 0.3) is 11.8 Å². The first kappa shape index (κ1) is 26.3. The first-order valence-electron chi connectivity index (χ1n) is 10.2. The van der Waals surface area contributed by atoms with E-state index in [0.717, 1.165) is 12.1 Å². The summed E-state index contributed by atoms with van der Waals surface area (Å²) in [6.07, 6.45) is -4.97. The summed E-state index contributed by atoms with van der Waals surface area (Å²) >= 11 is 24.5. The van der Waals surface area contributed by atoms with Crippen LogP contribution in [0.4, 0.5) is 18.9 Å². The molecule has 0 unspecified atom stereocenters. The Balaban J connectivity index is 1.79. The van der Waals surface area contributed by atoms with Crippen LogP contribution in [-0.4, -0.2) is 28.7 Å². The number of benzene rings is 3. The van der Waals surface area contributed by atoms with E-state index in [2.05, 4.69) is 5.32 Å². The predicted molar refractivity (Wildman–Crippen MR) is 131 cm³/mol. The Bertz CT molecular complexity index is 1350. The van der Waals surface area contributed by atoms with Crippen LogP contribution in [0, 0.1) is 0 Å². The second-order valence-electron chi connectivity index (χ2n) is 7.72. The smallest absolute Gasteiger partial charge is 0.324 e. The molecule has 12 heteroatoms. The first-order chi connectivity index (χ1) is 16.9. The van der Waals surface area contributed by atoms with Gasteiger partial charge in [-0.3, -0.25) is 19.3 Å². The Kier molecular flexibility index (Phi) is 7.26. The third kappa shape index (κ3) is 4.66. The first-order valence-corrected chi connectivity index (χ1v) is 11.7. The van der Waals surface area contributed by atoms with Crippen LogP contribution in [-0.2, 0) is 17.4 Å². The quantitative estimate of drug-likeness (QED) is 0.199. The van der Waals surface area contributed by atoms with E-state index in [-0.39, 0.29) is 37.6 Å². The molecular weight excluding hydrogens is 563 g/mol. The molecule has 1 aliphatic rings. The highest BCUT2D eigenvalue weighted by Gasteiger charge is 2.47. The molecule has 0 spiro atoms. The van der Waals surface area contributed by atoms with Crippen molar-refractivity contribution < 1.29 is 27.6 Å². The molecule has 1 N–H and O–H groups in total. The fourth-order valence-electron chi connectivity index (χ4n) is 3.84. The maximum absolute atomic E-state index is 13.5. The fourth-order valence-corrected chi connectivity index (χ4v) is 4.86. The van der Waals surface area contributed by atoms with Gasteiger partial charge in [0, 0.05) is 6.42 Å². The molecule has 5 nitrogen and oxygen atoms in total. The zero-order valence-corrected chi connectivity index (χ0v) is 20.8. The van der Waals surface area contributed by atoms with E-state index in [1.54, 1.807) is 30.3 Å². The number of halogens is 7. The Labute approximate surface area is 222 Å². The molecule has 1 aliphatic heterocycles. The van der Waals surface area contributed by atoms with Crippen molar-refractivity contribution in [3.05, 3.63) is 96.9 Å². The van der Waals surface area contributed by atoms with Gasteiger partial charge in [0.05, 0.1) is 42.5 Å². The van der Waals surface area contributed by atoms with Crippen molar-refractivity contribution in [3.8, 4) is 0 Å². The molecule has 0 aliphatic carbocycles. The lowest BCUT2D eigenvalue weighted by atomic mass is 10.0. The molecule has 0 aromatic heterocycles. The van der Waals surface area contributed by atoms with Gasteiger partial charge in [0.1, 0.15) is 6.04 Å². The number of carbonyl (C=O) groups excluding carboxylic acids is 3. The molecule has 0 radical (unpaired) electrons. The minimum Gasteiger partial charge on any atom is -0.324 e. The Hall–Kier alpha value is -2.78. The summed E-state index contributed by atoms with van der Waals surface area (Å²) in [6.45, 7) is 0. The number of rotatable bonds is 5. The van der Waals surface area contributed by atoms with Crippen molar-refractivity contribution in [1.82, 2.24) is 4.90 Å². The van der Waals surface area contributed by atoms with Crippen molar-refractivity contribution >= 4 is 69.8 Å². The highest BCUT2D eigenvalue weighted by atomic mass is 35.5. The van der Waals surface area contributed by atoms with E-state index in [1.807, 2.05) is 0 Å². The molecule has 0 fully saturated rings. The van der Waals surface area contributed by atoms with Crippen LogP contribution >= 0.6 is 46.4 Å². The number of nitrogens with one attached hydrogen (secondary N) is 1. The zero-order chi connectivity index (χ0) is 26.4. The summed E-state index contributed by atoms with van der Waals surface area (Å²) in [5.41, 5.74) is -1.78. The van der Waals surface area contributed by atoms with Gasteiger partial charge in [-0.15, -0.1) is 0 Å². The van der Waals surface area contributed by atoms with Gasteiger partial charge >= 0.3 is 6.18 Å². The Morgan fingerprint density at radius 1 is 0.806 bits per heavy atom. The van der Waals surface area contributed by atoms with E-state index in [0.29, 0.717) is 10.5 Å². The van der Waals surface area contributed by atoms with Crippen LogP contribution in [0.5, 0.6) is 0 Å². The lowest BCUT2D eigenvalue weighted by molar-refractivity contribution is -0.137. The molecule has 0 saturated heterocycles. The largest absolute Gasteiger partial charge is 0.418 e. The lowest BCUT2D eigenvalue weighted by Crippen LogP contribution is -2.48. The number of para-hydroxylation sites is 1. The minimum atomic E-state index is -4.76. The van der Waals surface area contributed by atoms with Crippen LogP contribution in [0.3, 0.4) is 0 Å². The third-order valence-electron chi connectivity index (χ3n) is 5.51. The van der Waals surface area contributed by atoms with E-state index in [9.17, 15) is 27.6 Å². The molecule has 0 bridgehead atoms. The molecule has 186 valence electrons. The number of hydrogen-bond donors (Lipinski definition) is 1. The third-order valence-corrected chi connectivity index (χ3v) is 7.31. The molecule has 3 amide bonds. The highest BCUT2D eigenvalue weighted by molar-refractivity contribution is 6.55. The molecule has 3 aromatic rings. The second-order valence-corrected chi connectivity index (χ2v) is 9.24. The van der Waals surface area contributed by atoms with Gasteiger partial charge in [0.2, 0.25) is 5.91 Å². The number of anilines is 1. The summed E-state index contributed by atoms with van der Waals surface area (Å²) < 4.78 is 40.5. The fraction of sp³-hybridized carbons (Fsp3) is 0.125. The van der Waals surface area contributed by atoms with Gasteiger partial charge in [-0.05, 0) is 17.7 Å². The summed E-state index contributed by atoms with van der Waals surface area (Å²) in [5.74, 6) is -3.00. The molecule has 0 saturated carbocycles. The number of imide groups is 1. The van der Waals surface area contributed by atoms with Crippen molar-refractivity contribution in [2.45, 2.75) is 18.6 Å². The second kappa shape index (κ2) is 9.94. The lowest BCUT2D eigenvalue weighted by Gasteiger charge is -2.26. The minimum absolute atomic E-state index is 0.205. The van der Waals surface area contributed by atoms with Gasteiger partial charge in [0.15, 0.2) is 0 Å². The monoisotopic (exact) mass is 574 g/mol. The zero-order valence-electron chi connectivity index (χ0n) is 17.8. The van der Waals surface area contributed by atoms with E-state index < -0.39 is 41.2 Å². The normalized spacial score (nSPS) is 14.1. The van der Waals surface area contributed by atoms with Gasteiger partial charge in [-0.25, -0.2) is 0 Å². The summed E-state index contributed by atoms with van der Waals surface area (Å²) in [7, 11) is 0. The van der Waals surface area contributed by atoms with Gasteiger partial charge in [-0.1, -0.05) is 88.9 Å². The van der Waals surface area contributed by atoms with E-state index >= 15 is 0 Å². The Morgan fingerprint density at radius 3 is 1.83 bits per heavy atom. The number of hydrogen-bond acceptors (Lipinski definition) is 3. The molecule has 1 heterocycles. The van der Waals surface area contributed by atoms with Crippen LogP contribution in [0.25, 0.3) is 0 Å². The number of carbonyl (C=O) groups is 3. The van der Waals surface area contributed by atoms with Gasteiger partial charge in [-0.2, -0.15) is 13.2 Å². The summed E-state index contributed by atoms with van der Waals surface area (Å²) in [6, 6.07) is 11.1. The van der Waals surface area contributed by atoms with Crippen LogP contribution in [0.2, 0.25) is 20.1 Å². The van der Waals surface area contributed by atoms with Crippen molar-refractivity contribution in [2.75, 3.05) is 5.32 Å².